The van der Waals surface area contributed by atoms with Crippen LogP contribution in [0.1, 0.15) is 31.2 Å². The molecular formula is C20H28N4O3S. The number of likely N-dealkylation sites (tertiary alicyclic amines) is 2. The minimum absolute atomic E-state index is 0.104. The van der Waals surface area contributed by atoms with Crippen LogP contribution in [0.4, 0.5) is 0 Å². The Balaban J connectivity index is 1.50. The van der Waals surface area contributed by atoms with E-state index in [1.54, 1.807) is 18.2 Å². The Labute approximate surface area is 167 Å². The molecule has 0 radical (unpaired) electrons. The number of amidine groups is 1. The molecule has 152 valence electrons. The summed E-state index contributed by atoms with van der Waals surface area (Å²) in [5.41, 5.74) is 0.654. The Morgan fingerprint density at radius 3 is 2.64 bits per heavy atom. The van der Waals surface area contributed by atoms with Crippen LogP contribution in [0.2, 0.25) is 0 Å². The molecule has 1 aromatic rings. The van der Waals surface area contributed by atoms with E-state index >= 15 is 0 Å². The summed E-state index contributed by atoms with van der Waals surface area (Å²) in [6.07, 6.45) is 3.87. The first-order chi connectivity index (χ1) is 13.4. The topological polar surface area (TPSA) is 73.3 Å². The first-order valence-electron chi connectivity index (χ1n) is 10.0. The average molecular weight is 405 g/mol. The smallest absolute Gasteiger partial charge is 0.285 e. The molecule has 0 aromatic heterocycles. The van der Waals surface area contributed by atoms with Crippen LogP contribution >= 0.6 is 0 Å². The van der Waals surface area contributed by atoms with Gasteiger partial charge < -0.3 is 14.7 Å². The number of piperidine rings is 2. The fourth-order valence-electron chi connectivity index (χ4n) is 4.52. The lowest BCUT2D eigenvalue weighted by Gasteiger charge is -2.40. The molecule has 8 heteroatoms. The summed E-state index contributed by atoms with van der Waals surface area (Å²) >= 11 is 0. The summed E-state index contributed by atoms with van der Waals surface area (Å²) in [4.78, 5) is 19.6. The van der Waals surface area contributed by atoms with E-state index in [4.69, 9.17) is 0 Å². The number of carbonyl (C=O) groups is 1. The van der Waals surface area contributed by atoms with Crippen LogP contribution < -0.4 is 0 Å². The third-order valence-electron chi connectivity index (χ3n) is 6.12. The molecule has 0 saturated carbocycles. The van der Waals surface area contributed by atoms with E-state index in [0.717, 1.165) is 45.3 Å². The number of hydrogen-bond donors (Lipinski definition) is 0. The van der Waals surface area contributed by atoms with Gasteiger partial charge in [-0.2, -0.15) is 8.42 Å². The predicted octanol–water partition coefficient (Wildman–Crippen LogP) is 1.40. The van der Waals surface area contributed by atoms with Crippen LogP contribution in [0.5, 0.6) is 0 Å². The summed E-state index contributed by atoms with van der Waals surface area (Å²) in [5, 5.41) is 0. The van der Waals surface area contributed by atoms with E-state index in [-0.39, 0.29) is 16.7 Å². The van der Waals surface area contributed by atoms with E-state index in [1.807, 2.05) is 15.9 Å². The fraction of sp³-hybridized carbons (Fsp3) is 0.600. The van der Waals surface area contributed by atoms with Gasteiger partial charge in [0.2, 0.25) is 5.91 Å². The Hall–Kier alpha value is -1.93. The first kappa shape index (κ1) is 19.4. The summed E-state index contributed by atoms with van der Waals surface area (Å²) in [5.74, 6) is 0.594. The van der Waals surface area contributed by atoms with Gasteiger partial charge in [-0.05, 0) is 51.9 Å². The molecule has 7 nitrogen and oxygen atoms in total. The molecule has 4 rings (SSSR count). The second kappa shape index (κ2) is 7.48. The van der Waals surface area contributed by atoms with Gasteiger partial charge >= 0.3 is 0 Å². The molecule has 2 atom stereocenters. The maximum Gasteiger partial charge on any atom is 0.285 e. The average Bonchev–Trinajstić information content (AvgIpc) is 2.99. The number of rotatable bonds is 2. The van der Waals surface area contributed by atoms with Crippen LogP contribution in [0.25, 0.3) is 0 Å². The molecule has 0 aliphatic carbocycles. The van der Waals surface area contributed by atoms with Crippen LogP contribution in [0, 0.1) is 5.92 Å². The molecule has 2 unspecified atom stereocenters. The molecule has 1 amide bonds. The van der Waals surface area contributed by atoms with Crippen LogP contribution in [0.3, 0.4) is 0 Å². The number of fused-ring (bicyclic) bond motifs is 1. The largest absolute Gasteiger partial charge is 0.355 e. The summed E-state index contributed by atoms with van der Waals surface area (Å²) in [6, 6.07) is 7.36. The van der Waals surface area contributed by atoms with Crippen molar-refractivity contribution in [3.05, 3.63) is 29.8 Å². The molecule has 0 N–H and O–H groups in total. The Kier molecular flexibility index (Phi) is 5.18. The Morgan fingerprint density at radius 1 is 1.11 bits per heavy atom. The Bertz CT molecular complexity index is 896. The maximum atomic E-state index is 13.2. The van der Waals surface area contributed by atoms with Gasteiger partial charge in [-0.1, -0.05) is 12.1 Å². The van der Waals surface area contributed by atoms with Crippen molar-refractivity contribution in [2.45, 2.75) is 36.6 Å². The highest BCUT2D eigenvalue weighted by molar-refractivity contribution is 7.90. The number of amides is 1. The Morgan fingerprint density at radius 2 is 1.86 bits per heavy atom. The highest BCUT2D eigenvalue weighted by Gasteiger charge is 2.37. The number of hydrogen-bond acceptors (Lipinski definition) is 5. The first-order valence-corrected chi connectivity index (χ1v) is 11.5. The van der Waals surface area contributed by atoms with E-state index in [2.05, 4.69) is 23.4 Å². The van der Waals surface area contributed by atoms with Crippen molar-refractivity contribution >= 4 is 21.8 Å². The molecule has 0 spiro atoms. The van der Waals surface area contributed by atoms with Crippen molar-refractivity contribution in [1.82, 2.24) is 14.7 Å². The third kappa shape index (κ3) is 3.55. The second-order valence-corrected chi connectivity index (χ2v) is 9.79. The normalized spacial score (nSPS) is 26.9. The van der Waals surface area contributed by atoms with Gasteiger partial charge in [-0.15, -0.1) is 4.40 Å². The zero-order chi connectivity index (χ0) is 19.9. The number of likely N-dealkylation sites (N-methyl/N-ethyl adjacent to an activating group) is 1. The van der Waals surface area contributed by atoms with Gasteiger partial charge in [0.25, 0.3) is 10.0 Å². The van der Waals surface area contributed by atoms with Crippen molar-refractivity contribution in [1.29, 1.82) is 0 Å². The minimum atomic E-state index is -3.63. The van der Waals surface area contributed by atoms with E-state index in [1.165, 1.54) is 0 Å². The third-order valence-corrected chi connectivity index (χ3v) is 7.45. The molecule has 28 heavy (non-hydrogen) atoms. The molecule has 2 saturated heterocycles. The number of carbonyl (C=O) groups excluding carboxylic acids is 1. The molecule has 0 bridgehead atoms. The number of nitrogens with zero attached hydrogens (tertiary/aromatic N) is 4. The zero-order valence-corrected chi connectivity index (χ0v) is 17.4. The van der Waals surface area contributed by atoms with Crippen molar-refractivity contribution < 1.29 is 13.2 Å². The van der Waals surface area contributed by atoms with Gasteiger partial charge in [-0.25, -0.2) is 0 Å². The van der Waals surface area contributed by atoms with Gasteiger partial charge in [0, 0.05) is 37.8 Å². The minimum Gasteiger partial charge on any atom is -0.355 e. The van der Waals surface area contributed by atoms with Gasteiger partial charge in [0.05, 0.1) is 5.92 Å². The summed E-state index contributed by atoms with van der Waals surface area (Å²) in [6.45, 7) is 2.86. The molecule has 3 aliphatic rings. The van der Waals surface area contributed by atoms with Crippen LogP contribution in [-0.4, -0.2) is 81.2 Å². The number of sulfonamides is 1. The SMILES string of the molecule is CN(C)C1CCCN(C(=O)C2CCCN(C3=NS(=O)(=O)c4ccccc43)C2)C1. The van der Waals surface area contributed by atoms with Crippen molar-refractivity contribution in [2.75, 3.05) is 40.3 Å². The lowest BCUT2D eigenvalue weighted by molar-refractivity contribution is -0.138. The zero-order valence-electron chi connectivity index (χ0n) is 16.5. The van der Waals surface area contributed by atoms with Gasteiger partial charge in [-0.3, -0.25) is 4.79 Å². The standard InChI is InChI=1S/C20H28N4O3S/c1-22(2)16-8-6-12-24(14-16)20(25)15-7-5-11-23(13-15)19-17-9-3-4-10-18(17)28(26,27)21-19/h3-4,9-10,15-16H,5-8,11-14H2,1-2H3. The van der Waals surface area contributed by atoms with Gasteiger partial charge in [0.1, 0.15) is 4.90 Å². The maximum absolute atomic E-state index is 13.2. The fourth-order valence-corrected chi connectivity index (χ4v) is 5.75. The molecule has 2 fully saturated rings. The highest BCUT2D eigenvalue weighted by atomic mass is 32.2. The van der Waals surface area contributed by atoms with Gasteiger partial charge in [0.15, 0.2) is 5.84 Å². The molecule has 3 heterocycles. The second-order valence-electron chi connectivity index (χ2n) is 8.22. The summed E-state index contributed by atoms with van der Waals surface area (Å²) in [7, 11) is 0.499. The quantitative estimate of drug-likeness (QED) is 0.745. The van der Waals surface area contributed by atoms with Crippen LogP contribution in [-0.2, 0) is 14.8 Å². The van der Waals surface area contributed by atoms with Crippen molar-refractivity contribution in [2.24, 2.45) is 10.3 Å². The lowest BCUT2D eigenvalue weighted by atomic mass is 9.94. The lowest BCUT2D eigenvalue weighted by Crippen LogP contribution is -2.52. The summed E-state index contributed by atoms with van der Waals surface area (Å²) < 4.78 is 28.8. The van der Waals surface area contributed by atoms with Crippen molar-refractivity contribution in [3.63, 3.8) is 0 Å². The van der Waals surface area contributed by atoms with Crippen LogP contribution in [0.15, 0.2) is 33.6 Å². The highest BCUT2D eigenvalue weighted by Crippen LogP contribution is 2.30. The van der Waals surface area contributed by atoms with Crippen molar-refractivity contribution in [3.8, 4) is 0 Å². The predicted molar refractivity (Wildman–Crippen MR) is 108 cm³/mol. The number of benzene rings is 1. The van der Waals surface area contributed by atoms with E-state index in [0.29, 0.717) is 24.0 Å². The monoisotopic (exact) mass is 404 g/mol. The van der Waals surface area contributed by atoms with E-state index < -0.39 is 10.0 Å². The van der Waals surface area contributed by atoms with E-state index in [9.17, 15) is 13.2 Å². The molecular weight excluding hydrogens is 376 g/mol. The molecule has 1 aromatic carbocycles. The molecule has 3 aliphatic heterocycles.